The number of hydrogen-bond acceptors (Lipinski definition) is 5. The van der Waals surface area contributed by atoms with Crippen LogP contribution in [0.4, 0.5) is 0 Å². The van der Waals surface area contributed by atoms with Gasteiger partial charge in [0, 0.05) is 0 Å². The van der Waals surface area contributed by atoms with Gasteiger partial charge in [-0.3, -0.25) is 0 Å². The summed E-state index contributed by atoms with van der Waals surface area (Å²) in [7, 11) is -2.76. The maximum atomic E-state index is 12.4. The van der Waals surface area contributed by atoms with Gasteiger partial charge in [0.15, 0.2) is 0 Å². The first-order valence-corrected chi connectivity index (χ1v) is 7.60. The fourth-order valence-corrected chi connectivity index (χ4v) is 3.24. The number of benzene rings is 1. The van der Waals surface area contributed by atoms with Crippen LogP contribution in [-0.2, 0) is 14.8 Å². The molecular weight excluding hydrogens is 282 g/mol. The van der Waals surface area contributed by atoms with E-state index in [1.54, 1.807) is 19.9 Å². The molecular formula is C13H19NO5S. The third kappa shape index (κ3) is 3.56. The molecule has 0 heterocycles. The zero-order valence-corrected chi connectivity index (χ0v) is 12.5. The van der Waals surface area contributed by atoms with Crippen molar-refractivity contribution in [1.29, 1.82) is 0 Å². The Morgan fingerprint density at radius 1 is 1.40 bits per heavy atom. The van der Waals surface area contributed by atoms with Crippen molar-refractivity contribution < 1.29 is 23.1 Å². The molecule has 6 nitrogen and oxygen atoms in total. The van der Waals surface area contributed by atoms with Crippen molar-refractivity contribution >= 4 is 16.0 Å². The molecule has 0 bridgehead atoms. The average molecular weight is 301 g/mol. The quantitative estimate of drug-likeness (QED) is 0.762. The van der Waals surface area contributed by atoms with E-state index in [1.807, 2.05) is 0 Å². The molecule has 1 atom stereocenters. The van der Waals surface area contributed by atoms with Crippen molar-refractivity contribution in [3.63, 3.8) is 0 Å². The third-order valence-electron chi connectivity index (χ3n) is 3.09. The lowest BCUT2D eigenvalue weighted by Gasteiger charge is -2.27. The van der Waals surface area contributed by atoms with Gasteiger partial charge < -0.3 is 9.84 Å². The number of methoxy groups -OCH3 is 1. The second-order valence-electron chi connectivity index (χ2n) is 4.67. The number of carbonyl (C=O) groups is 1. The first kappa shape index (κ1) is 16.6. The van der Waals surface area contributed by atoms with Crippen molar-refractivity contribution in [2.24, 2.45) is 0 Å². The maximum absolute atomic E-state index is 12.4. The predicted octanol–water partition coefficient (Wildman–Crippen LogP) is 0.912. The van der Waals surface area contributed by atoms with Crippen LogP contribution in [0.15, 0.2) is 29.2 Å². The minimum absolute atomic E-state index is 0.0427. The van der Waals surface area contributed by atoms with Crippen molar-refractivity contribution in [2.75, 3.05) is 13.7 Å². The zero-order chi connectivity index (χ0) is 15.4. The molecule has 0 aliphatic rings. The second kappa shape index (κ2) is 6.34. The van der Waals surface area contributed by atoms with Gasteiger partial charge in [-0.25, -0.2) is 17.9 Å². The summed E-state index contributed by atoms with van der Waals surface area (Å²) >= 11 is 0. The van der Waals surface area contributed by atoms with E-state index >= 15 is 0 Å². The molecule has 7 heteroatoms. The summed E-state index contributed by atoms with van der Waals surface area (Å²) in [5, 5.41) is 9.30. The number of hydrogen-bond donors (Lipinski definition) is 2. The lowest BCUT2D eigenvalue weighted by Crippen LogP contribution is -2.48. The van der Waals surface area contributed by atoms with E-state index in [9.17, 15) is 18.3 Å². The Morgan fingerprint density at radius 2 is 2.00 bits per heavy atom. The number of aliphatic hydroxyl groups is 1. The second-order valence-corrected chi connectivity index (χ2v) is 6.32. The van der Waals surface area contributed by atoms with Crippen LogP contribution in [0.1, 0.15) is 30.6 Å². The van der Waals surface area contributed by atoms with Gasteiger partial charge in [-0.15, -0.1) is 0 Å². The Morgan fingerprint density at radius 3 is 2.50 bits per heavy atom. The van der Waals surface area contributed by atoms with E-state index in [1.165, 1.54) is 25.3 Å². The van der Waals surface area contributed by atoms with Gasteiger partial charge in [-0.2, -0.15) is 0 Å². The van der Waals surface area contributed by atoms with Crippen molar-refractivity contribution in [1.82, 2.24) is 4.72 Å². The van der Waals surface area contributed by atoms with Crippen LogP contribution in [0.25, 0.3) is 0 Å². The van der Waals surface area contributed by atoms with Crippen LogP contribution in [0.5, 0.6) is 0 Å². The van der Waals surface area contributed by atoms with Crippen LogP contribution in [0.3, 0.4) is 0 Å². The topological polar surface area (TPSA) is 92.7 Å². The molecule has 2 N–H and O–H groups in total. The molecule has 1 unspecified atom stereocenters. The lowest BCUT2D eigenvalue weighted by molar-refractivity contribution is 0.0596. The number of aliphatic hydroxyl groups excluding tert-OH is 1. The van der Waals surface area contributed by atoms with Crippen LogP contribution in [0.2, 0.25) is 0 Å². The number of ether oxygens (including phenoxy) is 1. The molecule has 1 aromatic rings. The highest BCUT2D eigenvalue weighted by molar-refractivity contribution is 7.89. The maximum Gasteiger partial charge on any atom is 0.339 e. The minimum Gasteiger partial charge on any atom is -0.465 e. The summed E-state index contributed by atoms with van der Waals surface area (Å²) in [4.78, 5) is 11.5. The van der Waals surface area contributed by atoms with E-state index in [-0.39, 0.29) is 17.1 Å². The minimum atomic E-state index is -3.94. The normalized spacial score (nSPS) is 14.6. The molecule has 0 aliphatic heterocycles. The molecule has 1 aromatic carbocycles. The SMILES string of the molecule is CCC(C)(CO)NS(=O)(=O)c1ccccc1C(=O)OC. The highest BCUT2D eigenvalue weighted by Gasteiger charge is 2.31. The highest BCUT2D eigenvalue weighted by Crippen LogP contribution is 2.19. The number of sulfonamides is 1. The van der Waals surface area contributed by atoms with Gasteiger partial charge in [0.05, 0.1) is 29.7 Å². The first-order chi connectivity index (χ1) is 9.29. The molecule has 0 saturated carbocycles. The molecule has 112 valence electrons. The Kier molecular flexibility index (Phi) is 5.27. The monoisotopic (exact) mass is 301 g/mol. The van der Waals surface area contributed by atoms with Crippen molar-refractivity contribution in [2.45, 2.75) is 30.7 Å². The Hall–Kier alpha value is -1.44. The van der Waals surface area contributed by atoms with Crippen molar-refractivity contribution in [3.05, 3.63) is 29.8 Å². The van der Waals surface area contributed by atoms with E-state index in [0.717, 1.165) is 0 Å². The van der Waals surface area contributed by atoms with Gasteiger partial charge in [0.25, 0.3) is 0 Å². The number of carbonyl (C=O) groups excluding carboxylic acids is 1. The molecule has 0 aromatic heterocycles. The molecule has 20 heavy (non-hydrogen) atoms. The van der Waals surface area contributed by atoms with Gasteiger partial charge in [0.1, 0.15) is 0 Å². The summed E-state index contributed by atoms with van der Waals surface area (Å²) in [6.45, 7) is 3.00. The van der Waals surface area contributed by atoms with Crippen LogP contribution < -0.4 is 4.72 Å². The van der Waals surface area contributed by atoms with E-state index in [4.69, 9.17) is 0 Å². The summed E-state index contributed by atoms with van der Waals surface area (Å²) in [5.41, 5.74) is -1.03. The largest absolute Gasteiger partial charge is 0.465 e. The number of nitrogens with one attached hydrogen (secondary N) is 1. The number of esters is 1. The highest BCUT2D eigenvalue weighted by atomic mass is 32.2. The van der Waals surface area contributed by atoms with Crippen LogP contribution in [0, 0.1) is 0 Å². The number of rotatable bonds is 6. The molecule has 0 fully saturated rings. The van der Waals surface area contributed by atoms with Crippen molar-refractivity contribution in [3.8, 4) is 0 Å². The summed E-state index contributed by atoms with van der Waals surface area (Å²) in [5.74, 6) is -0.729. The average Bonchev–Trinajstić information content (AvgIpc) is 2.45. The van der Waals surface area contributed by atoms with Crippen LogP contribution >= 0.6 is 0 Å². The van der Waals surface area contributed by atoms with Crippen LogP contribution in [-0.4, -0.2) is 38.7 Å². The Labute approximate surface area is 118 Å². The first-order valence-electron chi connectivity index (χ1n) is 6.12. The van der Waals surface area contributed by atoms with Gasteiger partial charge in [0.2, 0.25) is 10.0 Å². The molecule has 0 radical (unpaired) electrons. The Bertz CT molecular complexity index is 578. The lowest BCUT2D eigenvalue weighted by atomic mass is 10.0. The van der Waals surface area contributed by atoms with Gasteiger partial charge in [-0.1, -0.05) is 19.1 Å². The van der Waals surface area contributed by atoms with Gasteiger partial charge >= 0.3 is 5.97 Å². The fraction of sp³-hybridized carbons (Fsp3) is 0.462. The van der Waals surface area contributed by atoms with E-state index < -0.39 is 21.5 Å². The standard InChI is InChI=1S/C13H19NO5S/c1-4-13(2,9-15)14-20(17,18)11-8-6-5-7-10(11)12(16)19-3/h5-8,14-15H,4,9H2,1-3H3. The summed E-state index contributed by atoms with van der Waals surface area (Å²) < 4.78 is 31.7. The van der Waals surface area contributed by atoms with E-state index in [0.29, 0.717) is 6.42 Å². The Balaban J connectivity index is 3.27. The molecule has 0 spiro atoms. The molecule has 0 amide bonds. The molecule has 1 rings (SSSR count). The smallest absolute Gasteiger partial charge is 0.339 e. The fourth-order valence-electron chi connectivity index (χ4n) is 1.58. The molecule has 0 saturated heterocycles. The summed E-state index contributed by atoms with van der Waals surface area (Å²) in [6.07, 6.45) is 0.406. The summed E-state index contributed by atoms with van der Waals surface area (Å²) in [6, 6.07) is 5.77. The third-order valence-corrected chi connectivity index (χ3v) is 4.79. The van der Waals surface area contributed by atoms with Gasteiger partial charge in [-0.05, 0) is 25.5 Å². The molecule has 0 aliphatic carbocycles. The predicted molar refractivity (Wildman–Crippen MR) is 73.9 cm³/mol. The zero-order valence-electron chi connectivity index (χ0n) is 11.7. The van der Waals surface area contributed by atoms with E-state index in [2.05, 4.69) is 9.46 Å².